The van der Waals surface area contributed by atoms with Crippen LogP contribution in [0.5, 0.6) is 0 Å². The quantitative estimate of drug-likeness (QED) is 0.239. The standard InChI is InChI=1S/C24H40O11/c1-11-7-13(25)8-24(3,4)14(11)6-5-12(2)34-23-21(31)19(29)18(28)16(35-23)10-33-22-20(30)17(27)15(26)9-32-22/h7,12,14-23,26-31H,5-6,8-10H2,1-4H3/t12-,14+,15+,16-,17+,18-,19+,20-,21-,22+,23-/m1/s1. The minimum atomic E-state index is -1.56. The van der Waals surface area contributed by atoms with Crippen molar-refractivity contribution in [3.05, 3.63) is 11.6 Å². The molecule has 0 unspecified atom stereocenters. The molecule has 2 heterocycles. The summed E-state index contributed by atoms with van der Waals surface area (Å²) in [5.74, 6) is 0.331. The van der Waals surface area contributed by atoms with Gasteiger partial charge in [-0.3, -0.25) is 4.79 Å². The summed E-state index contributed by atoms with van der Waals surface area (Å²) in [4.78, 5) is 11.9. The topological polar surface area (TPSA) is 175 Å². The molecule has 6 N–H and O–H groups in total. The van der Waals surface area contributed by atoms with Crippen molar-refractivity contribution in [2.75, 3.05) is 13.2 Å². The van der Waals surface area contributed by atoms with Gasteiger partial charge in [-0.1, -0.05) is 19.4 Å². The zero-order valence-corrected chi connectivity index (χ0v) is 20.7. The molecule has 0 amide bonds. The van der Waals surface area contributed by atoms with Gasteiger partial charge in [0, 0.05) is 6.42 Å². The Hall–Kier alpha value is -0.990. The highest BCUT2D eigenvalue weighted by atomic mass is 16.7. The molecule has 0 aromatic heterocycles. The SMILES string of the molecule is CC1=CC(=O)CC(C)(C)[C@H]1CC[C@@H](C)O[C@@H]1O[C@H](CO[C@@H]2OC[C@H](O)[C@H](O)[C@H]2O)[C@@H](O)[C@H](O)[C@H]1O. The van der Waals surface area contributed by atoms with Crippen LogP contribution in [0.4, 0.5) is 0 Å². The lowest BCUT2D eigenvalue weighted by Gasteiger charge is -2.42. The molecular formula is C24H40O11. The first-order valence-electron chi connectivity index (χ1n) is 12.2. The first kappa shape index (κ1) is 28.6. The first-order chi connectivity index (χ1) is 16.3. The molecule has 2 aliphatic heterocycles. The molecule has 3 rings (SSSR count). The highest BCUT2D eigenvalue weighted by Crippen LogP contribution is 2.42. The van der Waals surface area contributed by atoms with Crippen molar-refractivity contribution in [2.24, 2.45) is 11.3 Å². The van der Waals surface area contributed by atoms with Crippen LogP contribution >= 0.6 is 0 Å². The Morgan fingerprint density at radius 3 is 2.34 bits per heavy atom. The smallest absolute Gasteiger partial charge is 0.186 e. The fraction of sp³-hybridized carbons (Fsp3) is 0.875. The van der Waals surface area contributed by atoms with Crippen LogP contribution in [-0.2, 0) is 23.7 Å². The summed E-state index contributed by atoms with van der Waals surface area (Å²) in [5, 5.41) is 60.4. The van der Waals surface area contributed by atoms with Gasteiger partial charge in [-0.15, -0.1) is 0 Å². The number of hydrogen-bond donors (Lipinski definition) is 6. The number of allylic oxidation sites excluding steroid dienone is 2. The van der Waals surface area contributed by atoms with Crippen LogP contribution in [0.1, 0.15) is 47.0 Å². The third kappa shape index (κ3) is 6.67. The van der Waals surface area contributed by atoms with Crippen molar-refractivity contribution in [1.82, 2.24) is 0 Å². The van der Waals surface area contributed by atoms with E-state index in [0.29, 0.717) is 12.8 Å². The normalized spacial score (nSPS) is 43.0. The number of aliphatic hydroxyl groups excluding tert-OH is 6. The van der Waals surface area contributed by atoms with Crippen LogP contribution in [0.3, 0.4) is 0 Å². The van der Waals surface area contributed by atoms with Gasteiger partial charge in [-0.05, 0) is 44.1 Å². The van der Waals surface area contributed by atoms with E-state index in [-0.39, 0.29) is 36.4 Å². The maximum Gasteiger partial charge on any atom is 0.186 e. The second kappa shape index (κ2) is 11.6. The van der Waals surface area contributed by atoms with Gasteiger partial charge in [-0.2, -0.15) is 0 Å². The van der Waals surface area contributed by atoms with Crippen LogP contribution in [0.25, 0.3) is 0 Å². The van der Waals surface area contributed by atoms with Gasteiger partial charge in [0.1, 0.15) is 42.7 Å². The van der Waals surface area contributed by atoms with E-state index in [1.165, 1.54) is 0 Å². The van der Waals surface area contributed by atoms with E-state index in [1.807, 2.05) is 13.8 Å². The van der Waals surface area contributed by atoms with Crippen molar-refractivity contribution >= 4 is 5.78 Å². The number of ether oxygens (including phenoxy) is 4. The lowest BCUT2D eigenvalue weighted by molar-refractivity contribution is -0.327. The minimum Gasteiger partial charge on any atom is -0.388 e. The van der Waals surface area contributed by atoms with Crippen molar-refractivity contribution in [3.63, 3.8) is 0 Å². The lowest BCUT2D eigenvalue weighted by atomic mass is 9.66. The summed E-state index contributed by atoms with van der Waals surface area (Å²) >= 11 is 0. The Kier molecular flexibility index (Phi) is 9.47. The summed E-state index contributed by atoms with van der Waals surface area (Å²) in [6.07, 6.45) is -9.21. The molecule has 0 radical (unpaired) electrons. The first-order valence-corrected chi connectivity index (χ1v) is 12.2. The highest BCUT2D eigenvalue weighted by Gasteiger charge is 2.46. The molecule has 11 atom stereocenters. The molecule has 0 bridgehead atoms. The molecule has 0 spiro atoms. The number of carbonyl (C=O) groups is 1. The molecule has 202 valence electrons. The molecule has 2 fully saturated rings. The Labute approximate surface area is 205 Å². The average Bonchev–Trinajstić information content (AvgIpc) is 2.76. The van der Waals surface area contributed by atoms with Crippen LogP contribution < -0.4 is 0 Å². The molecule has 11 nitrogen and oxygen atoms in total. The number of rotatable bonds is 8. The summed E-state index contributed by atoms with van der Waals surface area (Å²) in [6, 6.07) is 0. The molecule has 2 saturated heterocycles. The van der Waals surface area contributed by atoms with Crippen LogP contribution in [-0.4, -0.2) is 111 Å². The van der Waals surface area contributed by atoms with Crippen molar-refractivity contribution < 1.29 is 54.4 Å². The molecule has 3 aliphatic rings. The Morgan fingerprint density at radius 2 is 1.69 bits per heavy atom. The second-order valence-electron chi connectivity index (χ2n) is 10.7. The summed E-state index contributed by atoms with van der Waals surface area (Å²) in [6.45, 7) is 7.33. The van der Waals surface area contributed by atoms with Gasteiger partial charge >= 0.3 is 0 Å². The van der Waals surface area contributed by atoms with E-state index in [1.54, 1.807) is 6.08 Å². The molecular weight excluding hydrogens is 464 g/mol. The van der Waals surface area contributed by atoms with Crippen LogP contribution in [0.15, 0.2) is 11.6 Å². The summed E-state index contributed by atoms with van der Waals surface area (Å²) in [5.41, 5.74) is 0.863. The van der Waals surface area contributed by atoms with E-state index in [2.05, 4.69) is 13.8 Å². The molecule has 35 heavy (non-hydrogen) atoms. The van der Waals surface area contributed by atoms with E-state index in [4.69, 9.17) is 18.9 Å². The van der Waals surface area contributed by atoms with Crippen molar-refractivity contribution in [2.45, 2.75) is 108 Å². The van der Waals surface area contributed by atoms with Gasteiger partial charge < -0.3 is 49.6 Å². The molecule has 0 saturated carbocycles. The third-order valence-corrected chi connectivity index (χ3v) is 7.29. The number of carbonyl (C=O) groups excluding carboxylic acids is 1. The molecule has 1 aliphatic carbocycles. The van der Waals surface area contributed by atoms with E-state index in [0.717, 1.165) is 12.0 Å². The fourth-order valence-electron chi connectivity index (χ4n) is 5.19. The van der Waals surface area contributed by atoms with Crippen molar-refractivity contribution in [3.8, 4) is 0 Å². The Morgan fingerprint density at radius 1 is 1.03 bits per heavy atom. The predicted octanol–water partition coefficient (Wildman–Crippen LogP) is -1.00. The Bertz CT molecular complexity index is 756. The summed E-state index contributed by atoms with van der Waals surface area (Å²) < 4.78 is 22.1. The largest absolute Gasteiger partial charge is 0.388 e. The molecule has 0 aromatic carbocycles. The predicted molar refractivity (Wildman–Crippen MR) is 121 cm³/mol. The second-order valence-corrected chi connectivity index (χ2v) is 10.7. The van der Waals surface area contributed by atoms with Crippen molar-refractivity contribution in [1.29, 1.82) is 0 Å². The maximum atomic E-state index is 11.9. The highest BCUT2D eigenvalue weighted by molar-refractivity contribution is 5.91. The number of hydrogen-bond acceptors (Lipinski definition) is 11. The molecule has 0 aromatic rings. The van der Waals surface area contributed by atoms with Gasteiger partial charge in [0.15, 0.2) is 18.4 Å². The van der Waals surface area contributed by atoms with E-state index < -0.39 is 55.3 Å². The van der Waals surface area contributed by atoms with Gasteiger partial charge in [-0.25, -0.2) is 0 Å². The number of ketones is 1. The van der Waals surface area contributed by atoms with Gasteiger partial charge in [0.05, 0.1) is 19.3 Å². The van der Waals surface area contributed by atoms with Gasteiger partial charge in [0.2, 0.25) is 0 Å². The zero-order valence-electron chi connectivity index (χ0n) is 20.7. The van der Waals surface area contributed by atoms with Gasteiger partial charge in [0.25, 0.3) is 0 Å². The Balaban J connectivity index is 1.55. The maximum absolute atomic E-state index is 11.9. The fourth-order valence-corrected chi connectivity index (χ4v) is 5.19. The number of aliphatic hydroxyl groups is 6. The average molecular weight is 505 g/mol. The lowest BCUT2D eigenvalue weighted by Crippen LogP contribution is -2.60. The third-order valence-electron chi connectivity index (χ3n) is 7.29. The monoisotopic (exact) mass is 504 g/mol. The van der Waals surface area contributed by atoms with Crippen LogP contribution in [0, 0.1) is 11.3 Å². The molecule has 11 heteroatoms. The summed E-state index contributed by atoms with van der Waals surface area (Å²) in [7, 11) is 0. The van der Waals surface area contributed by atoms with E-state index in [9.17, 15) is 35.4 Å². The van der Waals surface area contributed by atoms with E-state index >= 15 is 0 Å². The van der Waals surface area contributed by atoms with Crippen LogP contribution in [0.2, 0.25) is 0 Å². The zero-order chi connectivity index (χ0) is 26.1. The minimum absolute atomic E-state index is 0.129.